The minimum atomic E-state index is 0.189. The van der Waals surface area contributed by atoms with E-state index in [2.05, 4.69) is 38.8 Å². The van der Waals surface area contributed by atoms with Crippen LogP contribution in [0.2, 0.25) is 0 Å². The van der Waals surface area contributed by atoms with E-state index in [1.807, 2.05) is 24.3 Å². The molecule has 1 aromatic carbocycles. The molecule has 2 aromatic rings. The number of fused-ring (bicyclic) bond motifs is 1. The zero-order valence-corrected chi connectivity index (χ0v) is 15.8. The number of carbonyl (C=O) groups is 1. The Labute approximate surface area is 156 Å². The summed E-state index contributed by atoms with van der Waals surface area (Å²) in [6.07, 6.45) is 4.78. The normalized spacial score (nSPS) is 30.2. The molecule has 1 saturated heterocycles. The Kier molecular flexibility index (Phi) is 4.01. The van der Waals surface area contributed by atoms with Crippen molar-refractivity contribution < 1.29 is 4.79 Å². The lowest BCUT2D eigenvalue weighted by Gasteiger charge is -2.42. The van der Waals surface area contributed by atoms with Gasteiger partial charge in [0, 0.05) is 17.4 Å². The van der Waals surface area contributed by atoms with Gasteiger partial charge in [-0.3, -0.25) is 4.79 Å². The molecule has 25 heavy (non-hydrogen) atoms. The number of aromatic nitrogens is 2. The van der Waals surface area contributed by atoms with Gasteiger partial charge >= 0.3 is 0 Å². The van der Waals surface area contributed by atoms with E-state index in [-0.39, 0.29) is 11.8 Å². The largest absolute Gasteiger partial charge is 0.349 e. The number of hydrogen-bond acceptors (Lipinski definition) is 4. The first-order chi connectivity index (χ1) is 12.2. The third-order valence-corrected chi connectivity index (χ3v) is 10.1. The van der Waals surface area contributed by atoms with Gasteiger partial charge in [-0.2, -0.15) is 0 Å². The zero-order valence-electron chi connectivity index (χ0n) is 14.2. The summed E-state index contributed by atoms with van der Waals surface area (Å²) in [4.78, 5) is 20.6. The molecule has 1 aromatic heterocycles. The van der Waals surface area contributed by atoms with Crippen molar-refractivity contribution in [1.82, 2.24) is 15.3 Å². The number of thioether (sulfide) groups is 2. The van der Waals surface area contributed by atoms with Gasteiger partial charge in [-0.25, -0.2) is 4.98 Å². The number of nitrogens with one attached hydrogen (secondary N) is 2. The minimum absolute atomic E-state index is 0.189. The van der Waals surface area contributed by atoms with Crippen molar-refractivity contribution in [3.8, 4) is 0 Å². The molecule has 4 nitrogen and oxygen atoms in total. The Morgan fingerprint density at radius 1 is 1.20 bits per heavy atom. The van der Waals surface area contributed by atoms with Crippen molar-refractivity contribution in [3.05, 3.63) is 30.1 Å². The molecule has 1 aliphatic heterocycles. The predicted molar refractivity (Wildman–Crippen MR) is 105 cm³/mol. The van der Waals surface area contributed by atoms with Gasteiger partial charge in [0.15, 0.2) is 0 Å². The maximum Gasteiger partial charge on any atom is 0.223 e. The van der Waals surface area contributed by atoms with Crippen LogP contribution in [-0.2, 0) is 11.3 Å². The summed E-state index contributed by atoms with van der Waals surface area (Å²) in [5.74, 6) is 5.29. The van der Waals surface area contributed by atoms with Crippen molar-refractivity contribution in [2.24, 2.45) is 17.8 Å². The number of imidazole rings is 1. The van der Waals surface area contributed by atoms with E-state index in [1.165, 1.54) is 24.3 Å². The molecule has 1 spiro atoms. The summed E-state index contributed by atoms with van der Waals surface area (Å²) < 4.78 is 0.454. The summed E-state index contributed by atoms with van der Waals surface area (Å²) in [6.45, 7) is 0.494. The summed E-state index contributed by atoms with van der Waals surface area (Å²) in [5, 5.41) is 3.13. The lowest BCUT2D eigenvalue weighted by molar-refractivity contribution is -0.126. The SMILES string of the molecule is O=C(NCc1nc2ccccc2[nH]1)C1C[C@H]2CC[C@@H](C1)C21SCCS1. The second-order valence-electron chi connectivity index (χ2n) is 7.48. The van der Waals surface area contributed by atoms with Crippen molar-refractivity contribution in [2.45, 2.75) is 36.3 Å². The fourth-order valence-electron chi connectivity index (χ4n) is 5.02. The van der Waals surface area contributed by atoms with Crippen LogP contribution in [0.1, 0.15) is 31.5 Å². The number of benzene rings is 1. The van der Waals surface area contributed by atoms with Crippen molar-refractivity contribution in [3.63, 3.8) is 0 Å². The van der Waals surface area contributed by atoms with Crippen LogP contribution in [0.4, 0.5) is 0 Å². The third-order valence-electron chi connectivity index (χ3n) is 6.12. The highest BCUT2D eigenvalue weighted by Gasteiger charge is 2.57. The number of rotatable bonds is 3. The van der Waals surface area contributed by atoms with Crippen LogP contribution in [0.3, 0.4) is 0 Å². The summed E-state index contributed by atoms with van der Waals surface area (Å²) >= 11 is 4.37. The van der Waals surface area contributed by atoms with Crippen LogP contribution in [0.15, 0.2) is 24.3 Å². The molecule has 3 atom stereocenters. The van der Waals surface area contributed by atoms with E-state index in [0.29, 0.717) is 10.6 Å². The van der Waals surface area contributed by atoms with Crippen LogP contribution in [0.25, 0.3) is 11.0 Å². The third kappa shape index (κ3) is 2.69. The van der Waals surface area contributed by atoms with Gasteiger partial charge in [0.05, 0.1) is 21.7 Å². The molecule has 5 rings (SSSR count). The first-order valence-electron chi connectivity index (χ1n) is 9.24. The lowest BCUT2D eigenvalue weighted by atomic mass is 9.79. The van der Waals surface area contributed by atoms with Crippen LogP contribution in [-0.4, -0.2) is 31.5 Å². The highest BCUT2D eigenvalue weighted by Crippen LogP contribution is 2.65. The number of hydrogen-bond donors (Lipinski definition) is 2. The molecule has 3 fully saturated rings. The predicted octanol–water partition coefficient (Wildman–Crippen LogP) is 3.79. The molecule has 3 aliphatic rings. The number of para-hydroxylation sites is 2. The summed E-state index contributed by atoms with van der Waals surface area (Å²) in [6, 6.07) is 7.99. The van der Waals surface area contributed by atoms with E-state index >= 15 is 0 Å². The van der Waals surface area contributed by atoms with Gasteiger partial charge in [-0.15, -0.1) is 23.5 Å². The van der Waals surface area contributed by atoms with Gasteiger partial charge in [-0.1, -0.05) is 12.1 Å². The number of carbonyl (C=O) groups excluding carboxylic acids is 1. The van der Waals surface area contributed by atoms with Crippen molar-refractivity contribution in [2.75, 3.05) is 11.5 Å². The maximum absolute atomic E-state index is 12.7. The van der Waals surface area contributed by atoms with Crippen molar-refractivity contribution >= 4 is 40.5 Å². The molecule has 2 N–H and O–H groups in total. The molecular weight excluding hydrogens is 350 g/mol. The van der Waals surface area contributed by atoms with E-state index in [9.17, 15) is 4.79 Å². The lowest BCUT2D eigenvalue weighted by Crippen LogP contribution is -2.42. The quantitative estimate of drug-likeness (QED) is 0.859. The number of aromatic amines is 1. The van der Waals surface area contributed by atoms with Crippen molar-refractivity contribution in [1.29, 1.82) is 0 Å². The number of nitrogens with zero attached hydrogens (tertiary/aromatic N) is 1. The highest BCUT2D eigenvalue weighted by atomic mass is 32.2. The molecule has 132 valence electrons. The topological polar surface area (TPSA) is 57.8 Å². The number of H-pyrrole nitrogens is 1. The Morgan fingerprint density at radius 2 is 1.92 bits per heavy atom. The Balaban J connectivity index is 1.23. The first-order valence-corrected chi connectivity index (χ1v) is 11.2. The average molecular weight is 374 g/mol. The Hall–Kier alpha value is -1.14. The van der Waals surface area contributed by atoms with Gasteiger partial charge < -0.3 is 10.3 Å². The Morgan fingerprint density at radius 3 is 2.64 bits per heavy atom. The van der Waals surface area contributed by atoms with Crippen LogP contribution in [0, 0.1) is 17.8 Å². The molecule has 2 bridgehead atoms. The van der Waals surface area contributed by atoms with Crippen LogP contribution in [0.5, 0.6) is 0 Å². The standard InChI is InChI=1S/C19H23N3OS2/c23-18(20-11-17-21-15-3-1-2-4-16(15)22-17)12-9-13-5-6-14(10-12)19(13)24-7-8-25-19/h1-4,12-14H,5-11H2,(H,20,23)(H,21,22)/t12?,13-,14+. The van der Waals surface area contributed by atoms with E-state index in [4.69, 9.17) is 0 Å². The molecule has 2 saturated carbocycles. The smallest absolute Gasteiger partial charge is 0.223 e. The monoisotopic (exact) mass is 373 g/mol. The van der Waals surface area contributed by atoms with E-state index in [1.54, 1.807) is 0 Å². The maximum atomic E-state index is 12.7. The fraction of sp³-hybridized carbons (Fsp3) is 0.579. The zero-order chi connectivity index (χ0) is 16.9. The Bertz CT molecular complexity index is 750. The molecule has 2 aliphatic carbocycles. The molecular formula is C19H23N3OS2. The first kappa shape index (κ1) is 16.1. The second-order valence-corrected chi connectivity index (χ2v) is 10.5. The molecule has 2 heterocycles. The molecule has 1 unspecified atom stereocenters. The second kappa shape index (κ2) is 6.23. The highest BCUT2D eigenvalue weighted by molar-refractivity contribution is 8.21. The fourth-order valence-corrected chi connectivity index (χ4v) is 8.96. The van der Waals surface area contributed by atoms with Crippen LogP contribution < -0.4 is 5.32 Å². The van der Waals surface area contributed by atoms with E-state index in [0.717, 1.165) is 41.5 Å². The van der Waals surface area contributed by atoms with Gasteiger partial charge in [-0.05, 0) is 49.7 Å². The molecule has 0 radical (unpaired) electrons. The van der Waals surface area contributed by atoms with Gasteiger partial charge in [0.2, 0.25) is 5.91 Å². The van der Waals surface area contributed by atoms with Gasteiger partial charge in [0.25, 0.3) is 0 Å². The molecule has 6 heteroatoms. The van der Waals surface area contributed by atoms with Crippen LogP contribution >= 0.6 is 23.5 Å². The van der Waals surface area contributed by atoms with E-state index < -0.39 is 0 Å². The summed E-state index contributed by atoms with van der Waals surface area (Å²) in [7, 11) is 0. The minimum Gasteiger partial charge on any atom is -0.349 e. The van der Waals surface area contributed by atoms with Gasteiger partial charge in [0.1, 0.15) is 5.82 Å². The number of amides is 1. The molecule has 1 amide bonds. The average Bonchev–Trinajstić information content (AvgIpc) is 3.30. The summed E-state index contributed by atoms with van der Waals surface area (Å²) in [5.41, 5.74) is 1.99.